The van der Waals surface area contributed by atoms with E-state index in [1.54, 1.807) is 7.11 Å². The summed E-state index contributed by atoms with van der Waals surface area (Å²) < 4.78 is 5.41. The first-order chi connectivity index (χ1) is 11.1. The Bertz CT molecular complexity index is 714. The summed E-state index contributed by atoms with van der Waals surface area (Å²) in [7, 11) is 1.63. The lowest BCUT2D eigenvalue weighted by molar-refractivity contribution is 0.416. The van der Waals surface area contributed by atoms with Crippen LogP contribution in [0.4, 0.5) is 17.5 Å². The molecule has 2 heterocycles. The van der Waals surface area contributed by atoms with E-state index in [-0.39, 0.29) is 0 Å². The molecule has 0 aliphatic carbocycles. The fraction of sp³-hybridized carbons (Fsp3) is 0.412. The number of hydrogen-bond acceptors (Lipinski definition) is 5. The molecule has 6 heteroatoms. The topological polar surface area (TPSA) is 50.3 Å². The Kier molecular flexibility index (Phi) is 4.57. The molecular weight excluding hydrogens is 312 g/mol. The minimum atomic E-state index is 0.684. The van der Waals surface area contributed by atoms with Crippen LogP contribution < -0.4 is 15.0 Å². The monoisotopic (exact) mass is 332 g/mol. The third kappa shape index (κ3) is 3.50. The average molecular weight is 333 g/mol. The van der Waals surface area contributed by atoms with Gasteiger partial charge >= 0.3 is 0 Å². The van der Waals surface area contributed by atoms with Crippen molar-refractivity contribution in [3.05, 3.63) is 34.5 Å². The number of hydrogen-bond donors (Lipinski definition) is 1. The number of aromatic nitrogens is 2. The molecular formula is C17H21ClN4O. The molecule has 1 N–H and O–H groups in total. The van der Waals surface area contributed by atoms with Crippen molar-refractivity contribution in [2.45, 2.75) is 26.7 Å². The van der Waals surface area contributed by atoms with Gasteiger partial charge in [-0.25, -0.2) is 4.98 Å². The van der Waals surface area contributed by atoms with Crippen LogP contribution in [-0.4, -0.2) is 30.2 Å². The fourth-order valence-electron chi connectivity index (χ4n) is 2.74. The first kappa shape index (κ1) is 15.9. The van der Waals surface area contributed by atoms with Crippen LogP contribution in [0, 0.1) is 13.8 Å². The minimum Gasteiger partial charge on any atom is -0.495 e. The molecule has 5 nitrogen and oxygen atoms in total. The van der Waals surface area contributed by atoms with Gasteiger partial charge < -0.3 is 15.0 Å². The van der Waals surface area contributed by atoms with E-state index in [1.165, 1.54) is 12.8 Å². The molecule has 0 unspecified atom stereocenters. The zero-order chi connectivity index (χ0) is 16.4. The van der Waals surface area contributed by atoms with Gasteiger partial charge in [-0.2, -0.15) is 4.98 Å². The maximum atomic E-state index is 6.16. The summed E-state index contributed by atoms with van der Waals surface area (Å²) in [5.41, 5.74) is 2.77. The van der Waals surface area contributed by atoms with Crippen LogP contribution in [-0.2, 0) is 0 Å². The van der Waals surface area contributed by atoms with Gasteiger partial charge in [0.05, 0.1) is 12.8 Å². The summed E-state index contributed by atoms with van der Waals surface area (Å²) in [4.78, 5) is 11.4. The van der Waals surface area contributed by atoms with E-state index in [2.05, 4.69) is 20.2 Å². The predicted octanol–water partition coefficient (Wildman–Crippen LogP) is 4.10. The van der Waals surface area contributed by atoms with Crippen molar-refractivity contribution in [1.82, 2.24) is 9.97 Å². The molecule has 3 rings (SSSR count). The van der Waals surface area contributed by atoms with E-state index in [1.807, 2.05) is 32.0 Å². The summed E-state index contributed by atoms with van der Waals surface area (Å²) in [6.07, 6.45) is 2.40. The van der Waals surface area contributed by atoms with Crippen LogP contribution in [0.5, 0.6) is 5.75 Å². The van der Waals surface area contributed by atoms with Gasteiger partial charge in [0, 0.05) is 35.9 Å². The molecule has 1 aliphatic heterocycles. The Morgan fingerprint density at radius 3 is 2.57 bits per heavy atom. The molecule has 122 valence electrons. The second kappa shape index (κ2) is 6.62. The summed E-state index contributed by atoms with van der Waals surface area (Å²) in [5.74, 6) is 2.24. The molecule has 1 fully saturated rings. The third-order valence-corrected chi connectivity index (χ3v) is 4.38. The standard InChI is InChI=1S/C17H21ClN4O/c1-11-8-14(15(23-3)10-13(11)18)20-16-9-12(2)19-17(21-16)22-6-4-5-7-22/h8-10H,4-7H2,1-3H3,(H,19,20,21). The second-order valence-electron chi connectivity index (χ2n) is 5.82. The SMILES string of the molecule is COc1cc(Cl)c(C)cc1Nc1cc(C)nc(N2CCCC2)n1. The lowest BCUT2D eigenvalue weighted by atomic mass is 10.2. The number of methoxy groups -OCH3 is 1. The quantitative estimate of drug-likeness (QED) is 0.913. The number of rotatable bonds is 4. The summed E-state index contributed by atoms with van der Waals surface area (Å²) in [6, 6.07) is 5.71. The van der Waals surface area contributed by atoms with E-state index >= 15 is 0 Å². The summed E-state index contributed by atoms with van der Waals surface area (Å²) >= 11 is 6.16. The molecule has 2 aromatic rings. The van der Waals surface area contributed by atoms with Crippen LogP contribution in [0.3, 0.4) is 0 Å². The van der Waals surface area contributed by atoms with E-state index < -0.39 is 0 Å². The van der Waals surface area contributed by atoms with Gasteiger partial charge in [0.2, 0.25) is 5.95 Å². The molecule has 0 bridgehead atoms. The van der Waals surface area contributed by atoms with Crippen LogP contribution in [0.1, 0.15) is 24.1 Å². The molecule has 23 heavy (non-hydrogen) atoms. The maximum Gasteiger partial charge on any atom is 0.227 e. The van der Waals surface area contributed by atoms with E-state index in [4.69, 9.17) is 16.3 Å². The Morgan fingerprint density at radius 2 is 1.87 bits per heavy atom. The van der Waals surface area contributed by atoms with Gasteiger partial charge in [0.1, 0.15) is 11.6 Å². The van der Waals surface area contributed by atoms with Gasteiger partial charge in [-0.1, -0.05) is 11.6 Å². The normalized spacial score (nSPS) is 14.2. The van der Waals surface area contributed by atoms with Crippen molar-refractivity contribution < 1.29 is 4.74 Å². The van der Waals surface area contributed by atoms with Gasteiger partial charge in [0.25, 0.3) is 0 Å². The highest BCUT2D eigenvalue weighted by Gasteiger charge is 2.16. The Morgan fingerprint density at radius 1 is 1.13 bits per heavy atom. The Hall–Kier alpha value is -2.01. The average Bonchev–Trinajstić information content (AvgIpc) is 3.04. The van der Waals surface area contributed by atoms with Gasteiger partial charge in [-0.15, -0.1) is 0 Å². The zero-order valence-corrected chi connectivity index (χ0v) is 14.4. The van der Waals surface area contributed by atoms with Crippen molar-refractivity contribution in [3.8, 4) is 5.75 Å². The van der Waals surface area contributed by atoms with Crippen molar-refractivity contribution in [2.75, 3.05) is 30.4 Å². The lowest BCUT2D eigenvalue weighted by Gasteiger charge is -2.18. The molecule has 1 aliphatic rings. The number of benzene rings is 1. The first-order valence-corrected chi connectivity index (χ1v) is 8.16. The zero-order valence-electron chi connectivity index (χ0n) is 13.7. The highest BCUT2D eigenvalue weighted by Crippen LogP contribution is 2.33. The molecule has 1 aromatic heterocycles. The van der Waals surface area contributed by atoms with E-state index in [0.717, 1.165) is 41.8 Å². The molecule has 0 atom stereocenters. The van der Waals surface area contributed by atoms with Gasteiger partial charge in [0.15, 0.2) is 0 Å². The largest absolute Gasteiger partial charge is 0.495 e. The smallest absolute Gasteiger partial charge is 0.227 e. The second-order valence-corrected chi connectivity index (χ2v) is 6.22. The van der Waals surface area contributed by atoms with Crippen LogP contribution >= 0.6 is 11.6 Å². The predicted molar refractivity (Wildman–Crippen MR) is 94.2 cm³/mol. The van der Waals surface area contributed by atoms with Crippen molar-refractivity contribution in [3.63, 3.8) is 0 Å². The highest BCUT2D eigenvalue weighted by atomic mass is 35.5. The van der Waals surface area contributed by atoms with Gasteiger partial charge in [-0.05, 0) is 38.3 Å². The molecule has 1 aromatic carbocycles. The molecule has 1 saturated heterocycles. The van der Waals surface area contributed by atoms with Crippen molar-refractivity contribution in [1.29, 1.82) is 0 Å². The Balaban J connectivity index is 1.92. The van der Waals surface area contributed by atoms with Crippen molar-refractivity contribution >= 4 is 29.1 Å². The number of ether oxygens (including phenoxy) is 1. The molecule has 0 amide bonds. The summed E-state index contributed by atoms with van der Waals surface area (Å²) in [6.45, 7) is 5.99. The third-order valence-electron chi connectivity index (χ3n) is 3.97. The number of anilines is 3. The number of nitrogens with one attached hydrogen (secondary N) is 1. The summed E-state index contributed by atoms with van der Waals surface area (Å²) in [5, 5.41) is 4.02. The maximum absolute atomic E-state index is 6.16. The highest BCUT2D eigenvalue weighted by molar-refractivity contribution is 6.31. The number of aryl methyl sites for hydroxylation is 2. The van der Waals surface area contributed by atoms with Crippen LogP contribution in [0.25, 0.3) is 0 Å². The van der Waals surface area contributed by atoms with E-state index in [0.29, 0.717) is 10.8 Å². The number of halogens is 1. The van der Waals surface area contributed by atoms with Gasteiger partial charge in [-0.3, -0.25) is 0 Å². The lowest BCUT2D eigenvalue weighted by Crippen LogP contribution is -2.21. The molecule has 0 radical (unpaired) electrons. The number of nitrogens with zero attached hydrogens (tertiary/aromatic N) is 3. The van der Waals surface area contributed by atoms with Crippen LogP contribution in [0.2, 0.25) is 5.02 Å². The van der Waals surface area contributed by atoms with E-state index in [9.17, 15) is 0 Å². The Labute approximate surface area is 141 Å². The molecule has 0 spiro atoms. The molecule has 0 saturated carbocycles. The fourth-order valence-corrected chi connectivity index (χ4v) is 2.90. The van der Waals surface area contributed by atoms with Crippen LogP contribution in [0.15, 0.2) is 18.2 Å². The first-order valence-electron chi connectivity index (χ1n) is 7.78. The van der Waals surface area contributed by atoms with Crippen molar-refractivity contribution in [2.24, 2.45) is 0 Å². The minimum absolute atomic E-state index is 0.684.